The maximum Gasteiger partial charge on any atom is 0.328 e. The Morgan fingerprint density at radius 1 is 0.907 bits per heavy atom. The molecule has 0 saturated carbocycles. The zero-order valence-electron chi connectivity index (χ0n) is 24.2. The summed E-state index contributed by atoms with van der Waals surface area (Å²) < 4.78 is 11.7. The Kier molecular flexibility index (Phi) is 10.4. The van der Waals surface area contributed by atoms with Gasteiger partial charge in [-0.3, -0.25) is 23.9 Å². The van der Waals surface area contributed by atoms with Gasteiger partial charge < -0.3 is 19.5 Å². The number of methoxy groups -OCH3 is 2. The average Bonchev–Trinajstić information content (AvgIpc) is 3.01. The Labute approximate surface area is 252 Å². The summed E-state index contributed by atoms with van der Waals surface area (Å²) in [6.07, 6.45) is 1.29. The SMILES string of the molecule is COc1ccc(-c2ccc(CSCCN(CC(=O)O)C(=O)Cn3cc(C)c(=O)[nH]c3=O)c(-c3ccc(OC)cc3)c2)cc1. The molecule has 0 aliphatic carbocycles. The fourth-order valence-corrected chi connectivity index (χ4v) is 5.46. The normalized spacial score (nSPS) is 10.8. The molecule has 1 heterocycles. The fourth-order valence-electron chi connectivity index (χ4n) is 4.50. The van der Waals surface area contributed by atoms with Crippen LogP contribution in [0.1, 0.15) is 11.1 Å². The number of ether oxygens (including phenoxy) is 2. The predicted octanol–water partition coefficient (Wildman–Crippen LogP) is 4.04. The maximum absolute atomic E-state index is 12.9. The highest BCUT2D eigenvalue weighted by Crippen LogP contribution is 2.33. The summed E-state index contributed by atoms with van der Waals surface area (Å²) in [5.41, 5.74) is 4.28. The van der Waals surface area contributed by atoms with Crippen LogP contribution in [0.25, 0.3) is 22.3 Å². The predicted molar refractivity (Wildman–Crippen MR) is 167 cm³/mol. The third kappa shape index (κ3) is 8.16. The van der Waals surface area contributed by atoms with Crippen molar-refractivity contribution >= 4 is 23.6 Å². The van der Waals surface area contributed by atoms with E-state index in [9.17, 15) is 24.3 Å². The van der Waals surface area contributed by atoms with Crippen LogP contribution in [-0.4, -0.2) is 64.5 Å². The third-order valence-corrected chi connectivity index (χ3v) is 7.86. The fraction of sp³-hybridized carbons (Fsp3) is 0.250. The molecule has 2 N–H and O–H groups in total. The molecule has 0 bridgehead atoms. The van der Waals surface area contributed by atoms with Gasteiger partial charge in [0.25, 0.3) is 5.56 Å². The molecule has 4 aromatic rings. The van der Waals surface area contributed by atoms with Crippen LogP contribution in [0, 0.1) is 6.92 Å². The van der Waals surface area contributed by atoms with Crippen LogP contribution in [0.2, 0.25) is 0 Å². The lowest BCUT2D eigenvalue weighted by Crippen LogP contribution is -2.42. The van der Waals surface area contributed by atoms with Crippen LogP contribution in [0.15, 0.2) is 82.5 Å². The van der Waals surface area contributed by atoms with Crippen LogP contribution < -0.4 is 20.7 Å². The van der Waals surface area contributed by atoms with Gasteiger partial charge in [0.2, 0.25) is 5.91 Å². The third-order valence-electron chi connectivity index (χ3n) is 6.87. The van der Waals surface area contributed by atoms with Crippen LogP contribution in [0.3, 0.4) is 0 Å². The highest BCUT2D eigenvalue weighted by atomic mass is 32.2. The Hall–Kier alpha value is -4.77. The number of nitrogens with zero attached hydrogens (tertiary/aromatic N) is 2. The first-order chi connectivity index (χ1) is 20.7. The molecule has 1 amide bonds. The van der Waals surface area contributed by atoms with Gasteiger partial charge >= 0.3 is 11.7 Å². The van der Waals surface area contributed by atoms with E-state index < -0.39 is 29.7 Å². The van der Waals surface area contributed by atoms with Crippen molar-refractivity contribution in [3.05, 3.63) is 105 Å². The van der Waals surface area contributed by atoms with E-state index in [1.807, 2.05) is 48.5 Å². The zero-order chi connectivity index (χ0) is 30.9. The molecule has 11 heteroatoms. The number of thioether (sulfide) groups is 1. The first kappa shape index (κ1) is 31.2. The largest absolute Gasteiger partial charge is 0.497 e. The van der Waals surface area contributed by atoms with Gasteiger partial charge in [-0.15, -0.1) is 0 Å². The summed E-state index contributed by atoms with van der Waals surface area (Å²) in [4.78, 5) is 51.6. The number of aryl methyl sites for hydroxylation is 1. The summed E-state index contributed by atoms with van der Waals surface area (Å²) >= 11 is 1.57. The number of carboxylic acid groups (broad SMARTS) is 1. The van der Waals surface area contributed by atoms with E-state index in [2.05, 4.69) is 23.2 Å². The summed E-state index contributed by atoms with van der Waals surface area (Å²) in [7, 11) is 3.26. The topological polar surface area (TPSA) is 131 Å². The van der Waals surface area contributed by atoms with Crippen LogP contribution in [-0.2, 0) is 21.9 Å². The second-order valence-corrected chi connectivity index (χ2v) is 10.9. The Bertz CT molecular complexity index is 1700. The molecule has 0 aliphatic rings. The van der Waals surface area contributed by atoms with E-state index >= 15 is 0 Å². The van der Waals surface area contributed by atoms with Gasteiger partial charge in [0.15, 0.2) is 0 Å². The first-order valence-corrected chi connectivity index (χ1v) is 14.6. The molecule has 0 aliphatic heterocycles. The lowest BCUT2D eigenvalue weighted by atomic mass is 9.95. The lowest BCUT2D eigenvalue weighted by molar-refractivity contribution is -0.144. The number of carbonyl (C=O) groups excluding carboxylic acids is 1. The van der Waals surface area contributed by atoms with Crippen molar-refractivity contribution in [1.82, 2.24) is 14.5 Å². The average molecular weight is 604 g/mol. The van der Waals surface area contributed by atoms with Crippen LogP contribution in [0.5, 0.6) is 11.5 Å². The number of carbonyl (C=O) groups is 2. The molecule has 0 spiro atoms. The van der Waals surface area contributed by atoms with Gasteiger partial charge in [-0.1, -0.05) is 36.4 Å². The minimum absolute atomic E-state index is 0.175. The standard InChI is InChI=1S/C32H33N3O7S/c1-21-17-35(32(40)33-31(21)39)18-29(36)34(19-30(37)38)14-15-43-20-25-5-4-24(22-6-10-26(41-2)11-7-22)16-28(25)23-8-12-27(42-3)13-9-23/h4-13,16-17H,14-15,18-20H2,1-3H3,(H,37,38)(H,33,39,40). The number of nitrogens with one attached hydrogen (secondary N) is 1. The van der Waals surface area contributed by atoms with Crippen molar-refractivity contribution in [2.75, 3.05) is 33.1 Å². The number of amides is 1. The molecule has 1 aromatic heterocycles. The number of hydrogen-bond acceptors (Lipinski definition) is 7. The molecule has 43 heavy (non-hydrogen) atoms. The van der Waals surface area contributed by atoms with Gasteiger partial charge in [0, 0.05) is 29.8 Å². The number of aromatic nitrogens is 2. The van der Waals surface area contributed by atoms with Crippen molar-refractivity contribution < 1.29 is 24.2 Å². The molecule has 0 atom stereocenters. The summed E-state index contributed by atoms with van der Waals surface area (Å²) in [6.45, 7) is 0.830. The van der Waals surface area contributed by atoms with Crippen LogP contribution >= 0.6 is 11.8 Å². The van der Waals surface area contributed by atoms with Crippen molar-refractivity contribution in [2.45, 2.75) is 19.2 Å². The van der Waals surface area contributed by atoms with E-state index in [-0.39, 0.29) is 18.7 Å². The highest BCUT2D eigenvalue weighted by Gasteiger charge is 2.18. The van der Waals surface area contributed by atoms with Gasteiger partial charge in [-0.25, -0.2) is 4.79 Å². The molecule has 0 fully saturated rings. The molecule has 0 unspecified atom stereocenters. The number of aromatic amines is 1. The molecule has 0 saturated heterocycles. The summed E-state index contributed by atoms with van der Waals surface area (Å²) in [6, 6.07) is 22.0. The Morgan fingerprint density at radius 3 is 2.12 bits per heavy atom. The summed E-state index contributed by atoms with van der Waals surface area (Å²) in [5, 5.41) is 9.38. The van der Waals surface area contributed by atoms with Gasteiger partial charge in [0.05, 0.1) is 14.2 Å². The number of hydrogen-bond donors (Lipinski definition) is 2. The van der Waals surface area contributed by atoms with Crippen LogP contribution in [0.4, 0.5) is 0 Å². The van der Waals surface area contributed by atoms with E-state index in [1.165, 1.54) is 18.0 Å². The molecular formula is C32H33N3O7S. The Morgan fingerprint density at radius 2 is 1.51 bits per heavy atom. The molecular weight excluding hydrogens is 570 g/mol. The minimum atomic E-state index is -1.15. The molecule has 3 aromatic carbocycles. The van der Waals surface area contributed by atoms with Crippen molar-refractivity contribution in [2.24, 2.45) is 0 Å². The van der Waals surface area contributed by atoms with E-state index in [0.717, 1.165) is 43.9 Å². The Balaban J connectivity index is 1.49. The molecule has 0 radical (unpaired) electrons. The van der Waals surface area contributed by atoms with Crippen molar-refractivity contribution in [1.29, 1.82) is 0 Å². The number of H-pyrrole nitrogens is 1. The highest BCUT2D eigenvalue weighted by molar-refractivity contribution is 7.98. The number of benzene rings is 3. The quantitative estimate of drug-likeness (QED) is 0.219. The van der Waals surface area contributed by atoms with Gasteiger partial charge in [-0.2, -0.15) is 11.8 Å². The minimum Gasteiger partial charge on any atom is -0.497 e. The number of aliphatic carboxylic acids is 1. The van der Waals surface area contributed by atoms with Crippen molar-refractivity contribution in [3.63, 3.8) is 0 Å². The number of carboxylic acids is 1. The first-order valence-electron chi connectivity index (χ1n) is 13.5. The second kappa shape index (κ2) is 14.4. The monoisotopic (exact) mass is 603 g/mol. The van der Waals surface area contributed by atoms with E-state index in [0.29, 0.717) is 11.5 Å². The molecule has 10 nitrogen and oxygen atoms in total. The summed E-state index contributed by atoms with van der Waals surface area (Å²) in [5.74, 6) is 0.953. The zero-order valence-corrected chi connectivity index (χ0v) is 25.0. The van der Waals surface area contributed by atoms with Gasteiger partial charge in [-0.05, 0) is 65.1 Å². The number of rotatable bonds is 13. The smallest absolute Gasteiger partial charge is 0.328 e. The second-order valence-electron chi connectivity index (χ2n) is 9.79. The maximum atomic E-state index is 12.9. The lowest BCUT2D eigenvalue weighted by Gasteiger charge is -2.21. The van der Waals surface area contributed by atoms with E-state index in [1.54, 1.807) is 26.0 Å². The molecule has 4 rings (SSSR count). The van der Waals surface area contributed by atoms with Crippen molar-refractivity contribution in [3.8, 4) is 33.8 Å². The van der Waals surface area contributed by atoms with Gasteiger partial charge in [0.1, 0.15) is 24.6 Å². The van der Waals surface area contributed by atoms with E-state index in [4.69, 9.17) is 9.47 Å². The molecule has 224 valence electrons.